The molecule has 0 bridgehead atoms. The maximum absolute atomic E-state index is 13.2. The highest BCUT2D eigenvalue weighted by Gasteiger charge is 2.23. The average molecular weight is 385 g/mol. The molecule has 1 heterocycles. The Morgan fingerprint density at radius 2 is 1.78 bits per heavy atom. The minimum absolute atomic E-state index is 0.0776. The zero-order valence-electron chi connectivity index (χ0n) is 15.8. The summed E-state index contributed by atoms with van der Waals surface area (Å²) in [6.07, 6.45) is 2.40. The third-order valence-electron chi connectivity index (χ3n) is 4.71. The number of carbonyl (C=O) groups excluding carboxylic acids is 1. The van der Waals surface area contributed by atoms with Gasteiger partial charge in [0.25, 0.3) is 0 Å². The molecule has 1 amide bonds. The molecule has 0 aliphatic carbocycles. The third-order valence-corrected chi connectivity index (χ3v) is 6.50. The van der Waals surface area contributed by atoms with Gasteiger partial charge in [-0.15, -0.1) is 0 Å². The van der Waals surface area contributed by atoms with Gasteiger partial charge in [0.1, 0.15) is 6.54 Å². The van der Waals surface area contributed by atoms with Crippen LogP contribution in [0.1, 0.15) is 25.8 Å². The molecular weight excluding hydrogens is 360 g/mol. The molecule has 0 spiro atoms. The van der Waals surface area contributed by atoms with Crippen molar-refractivity contribution in [1.29, 1.82) is 0 Å². The third kappa shape index (κ3) is 3.90. The molecule has 1 atom stereocenters. The first-order valence-electron chi connectivity index (χ1n) is 9.02. The zero-order valence-corrected chi connectivity index (χ0v) is 16.6. The molecule has 1 aromatic heterocycles. The minimum atomic E-state index is -3.68. The van der Waals surface area contributed by atoms with Crippen LogP contribution in [0.4, 0.5) is 0 Å². The number of fused-ring (bicyclic) bond motifs is 1. The van der Waals surface area contributed by atoms with Crippen LogP contribution in [0.5, 0.6) is 0 Å². The van der Waals surface area contributed by atoms with Crippen molar-refractivity contribution in [2.45, 2.75) is 49.6 Å². The van der Waals surface area contributed by atoms with Crippen LogP contribution >= 0.6 is 0 Å². The van der Waals surface area contributed by atoms with E-state index < -0.39 is 9.84 Å². The molecule has 0 radical (unpaired) electrons. The number of aromatic nitrogens is 1. The summed E-state index contributed by atoms with van der Waals surface area (Å²) in [5.74, 6) is -0.135. The molecule has 0 fully saturated rings. The van der Waals surface area contributed by atoms with Gasteiger partial charge in [0.2, 0.25) is 15.7 Å². The summed E-state index contributed by atoms with van der Waals surface area (Å²) in [5, 5.41) is 3.54. The van der Waals surface area contributed by atoms with Gasteiger partial charge in [-0.1, -0.05) is 42.8 Å². The monoisotopic (exact) mass is 384 g/mol. The van der Waals surface area contributed by atoms with Gasteiger partial charge in [-0.2, -0.15) is 0 Å². The molecule has 142 valence electrons. The van der Waals surface area contributed by atoms with Gasteiger partial charge < -0.3 is 9.88 Å². The van der Waals surface area contributed by atoms with Crippen LogP contribution in [0.2, 0.25) is 0 Å². The number of benzene rings is 2. The number of sulfone groups is 1. The van der Waals surface area contributed by atoms with E-state index in [0.717, 1.165) is 17.5 Å². The standard InChI is InChI=1S/C21H24N2O3S/c1-4-16(3)22-21(24)14-23-13-20(18-7-5-6-8-19(18)23)27(25,26)17-11-9-15(2)10-12-17/h5-13,16H,4,14H2,1-3H3,(H,22,24). The minimum Gasteiger partial charge on any atom is -0.352 e. The highest BCUT2D eigenvalue weighted by atomic mass is 32.2. The molecule has 2 aromatic carbocycles. The molecule has 0 saturated heterocycles. The Hall–Kier alpha value is -2.60. The van der Waals surface area contributed by atoms with Gasteiger partial charge in [-0.05, 0) is 38.5 Å². The molecule has 5 nitrogen and oxygen atoms in total. The van der Waals surface area contributed by atoms with Crippen LogP contribution in [0.3, 0.4) is 0 Å². The predicted molar refractivity (Wildman–Crippen MR) is 106 cm³/mol. The fourth-order valence-corrected chi connectivity index (χ4v) is 4.46. The Bertz CT molecular complexity index is 1070. The Morgan fingerprint density at radius 1 is 1.11 bits per heavy atom. The molecule has 0 aliphatic heterocycles. The van der Waals surface area contributed by atoms with Crippen LogP contribution in [0.25, 0.3) is 10.9 Å². The van der Waals surface area contributed by atoms with Gasteiger partial charge in [-0.3, -0.25) is 4.79 Å². The number of para-hydroxylation sites is 1. The summed E-state index contributed by atoms with van der Waals surface area (Å²) in [7, 11) is -3.68. The van der Waals surface area contributed by atoms with E-state index in [4.69, 9.17) is 0 Å². The number of aryl methyl sites for hydroxylation is 1. The number of nitrogens with one attached hydrogen (secondary N) is 1. The lowest BCUT2D eigenvalue weighted by Gasteiger charge is -2.12. The first kappa shape index (κ1) is 19.2. The van der Waals surface area contributed by atoms with Crippen LogP contribution in [0.15, 0.2) is 64.5 Å². The lowest BCUT2D eigenvalue weighted by Crippen LogP contribution is -2.34. The van der Waals surface area contributed by atoms with Gasteiger partial charge in [0, 0.05) is 23.1 Å². The smallest absolute Gasteiger partial charge is 0.240 e. The maximum atomic E-state index is 13.2. The quantitative estimate of drug-likeness (QED) is 0.705. The Labute approximate surface area is 159 Å². The molecule has 0 aliphatic rings. The van der Waals surface area contributed by atoms with E-state index in [1.807, 2.05) is 32.9 Å². The molecule has 1 unspecified atom stereocenters. The topological polar surface area (TPSA) is 68.2 Å². The first-order chi connectivity index (χ1) is 12.8. The molecule has 27 heavy (non-hydrogen) atoms. The Balaban J connectivity index is 2.04. The van der Waals surface area contributed by atoms with Crippen molar-refractivity contribution in [3.05, 3.63) is 60.3 Å². The number of nitrogens with zero attached hydrogens (tertiary/aromatic N) is 1. The number of amides is 1. The predicted octanol–water partition coefficient (Wildman–Crippen LogP) is 3.70. The second-order valence-corrected chi connectivity index (χ2v) is 8.75. The van der Waals surface area contributed by atoms with Crippen LogP contribution in [0, 0.1) is 6.92 Å². The van der Waals surface area contributed by atoms with E-state index in [0.29, 0.717) is 5.39 Å². The Morgan fingerprint density at radius 3 is 2.44 bits per heavy atom. The summed E-state index contributed by atoms with van der Waals surface area (Å²) in [4.78, 5) is 12.8. The van der Waals surface area contributed by atoms with E-state index in [1.54, 1.807) is 47.2 Å². The summed E-state index contributed by atoms with van der Waals surface area (Å²) in [6, 6.07) is 14.1. The molecule has 1 N–H and O–H groups in total. The Kier molecular flexibility index (Phi) is 5.37. The van der Waals surface area contributed by atoms with Crippen LogP contribution in [-0.2, 0) is 21.2 Å². The molecule has 0 saturated carbocycles. The zero-order chi connectivity index (χ0) is 19.6. The largest absolute Gasteiger partial charge is 0.352 e. The SMILES string of the molecule is CCC(C)NC(=O)Cn1cc(S(=O)(=O)c2ccc(C)cc2)c2ccccc21. The fourth-order valence-electron chi connectivity index (χ4n) is 2.98. The second-order valence-electron chi connectivity index (χ2n) is 6.83. The van der Waals surface area contributed by atoms with Crippen molar-refractivity contribution in [2.24, 2.45) is 0 Å². The van der Waals surface area contributed by atoms with Crippen molar-refractivity contribution in [3.63, 3.8) is 0 Å². The van der Waals surface area contributed by atoms with Crippen molar-refractivity contribution < 1.29 is 13.2 Å². The first-order valence-corrected chi connectivity index (χ1v) is 10.5. The number of rotatable bonds is 6. The fraction of sp³-hybridized carbons (Fsp3) is 0.286. The maximum Gasteiger partial charge on any atom is 0.240 e. The number of carbonyl (C=O) groups is 1. The van der Waals surface area contributed by atoms with Crippen LogP contribution < -0.4 is 5.32 Å². The second kappa shape index (κ2) is 7.56. The van der Waals surface area contributed by atoms with Gasteiger partial charge in [0.05, 0.1) is 9.79 Å². The molecule has 3 rings (SSSR count). The van der Waals surface area contributed by atoms with E-state index in [2.05, 4.69) is 5.32 Å². The van der Waals surface area contributed by atoms with Gasteiger partial charge in [-0.25, -0.2) is 8.42 Å². The highest BCUT2D eigenvalue weighted by molar-refractivity contribution is 7.91. The van der Waals surface area contributed by atoms with E-state index in [1.165, 1.54) is 0 Å². The molecular formula is C21H24N2O3S. The van der Waals surface area contributed by atoms with E-state index in [9.17, 15) is 13.2 Å². The average Bonchev–Trinajstić information content (AvgIpc) is 3.01. The van der Waals surface area contributed by atoms with Crippen molar-refractivity contribution in [1.82, 2.24) is 9.88 Å². The van der Waals surface area contributed by atoms with E-state index in [-0.39, 0.29) is 28.3 Å². The summed E-state index contributed by atoms with van der Waals surface area (Å²) < 4.78 is 28.0. The van der Waals surface area contributed by atoms with Crippen molar-refractivity contribution in [3.8, 4) is 0 Å². The van der Waals surface area contributed by atoms with E-state index >= 15 is 0 Å². The number of hydrogen-bond acceptors (Lipinski definition) is 3. The van der Waals surface area contributed by atoms with Crippen molar-refractivity contribution >= 4 is 26.6 Å². The highest BCUT2D eigenvalue weighted by Crippen LogP contribution is 2.30. The van der Waals surface area contributed by atoms with Gasteiger partial charge in [0.15, 0.2) is 0 Å². The van der Waals surface area contributed by atoms with Crippen LogP contribution in [-0.4, -0.2) is 24.9 Å². The lowest BCUT2D eigenvalue weighted by molar-refractivity contribution is -0.122. The number of hydrogen-bond donors (Lipinski definition) is 1. The van der Waals surface area contributed by atoms with Gasteiger partial charge >= 0.3 is 0 Å². The normalized spacial score (nSPS) is 12.9. The summed E-state index contributed by atoms with van der Waals surface area (Å²) >= 11 is 0. The lowest BCUT2D eigenvalue weighted by atomic mass is 10.2. The molecule has 3 aromatic rings. The summed E-state index contributed by atoms with van der Waals surface area (Å²) in [6.45, 7) is 5.94. The molecule has 6 heteroatoms. The summed E-state index contributed by atoms with van der Waals surface area (Å²) in [5.41, 5.74) is 1.72. The van der Waals surface area contributed by atoms with Crippen molar-refractivity contribution in [2.75, 3.05) is 0 Å².